The summed E-state index contributed by atoms with van der Waals surface area (Å²) >= 11 is 1.63. The minimum atomic E-state index is -0.536. The lowest BCUT2D eigenvalue weighted by Gasteiger charge is -2.35. The number of carbonyl (C=O) groups is 2. The molecule has 3 aliphatic rings. The summed E-state index contributed by atoms with van der Waals surface area (Å²) in [6.07, 6.45) is 4.34. The number of aromatic nitrogens is 3. The largest absolute Gasteiger partial charge is 0.464 e. The molecule has 1 N–H and O–H groups in total. The van der Waals surface area contributed by atoms with E-state index in [0.29, 0.717) is 35.3 Å². The van der Waals surface area contributed by atoms with Crippen LogP contribution < -0.4 is 5.43 Å². The van der Waals surface area contributed by atoms with Crippen LogP contribution in [0.1, 0.15) is 62.9 Å². The summed E-state index contributed by atoms with van der Waals surface area (Å²) in [4.78, 5) is 37.0. The van der Waals surface area contributed by atoms with Crippen LogP contribution in [0.3, 0.4) is 0 Å². The van der Waals surface area contributed by atoms with E-state index in [0.717, 1.165) is 63.1 Å². The number of nitrogens with zero attached hydrogens (tertiary/aromatic N) is 4. The molecule has 240 valence electrons. The smallest absolute Gasteiger partial charge is 0.324 e. The van der Waals surface area contributed by atoms with Crippen LogP contribution in [0.4, 0.5) is 0 Å². The Morgan fingerprint density at radius 2 is 2.07 bits per heavy atom. The summed E-state index contributed by atoms with van der Waals surface area (Å²) < 4.78 is 14.2. The van der Waals surface area contributed by atoms with Crippen LogP contribution in [0.5, 0.6) is 0 Å². The van der Waals surface area contributed by atoms with E-state index < -0.39 is 11.1 Å². The monoisotopic (exact) mass is 655 g/mol. The second-order valence-corrected chi connectivity index (χ2v) is 16.2. The number of aryl methyl sites for hydroxylation is 1. The molecule has 11 heteroatoms. The van der Waals surface area contributed by atoms with Crippen molar-refractivity contribution in [1.82, 2.24) is 25.0 Å². The molecule has 6 bridgehead atoms. The lowest BCUT2D eigenvalue weighted by molar-refractivity contribution is -0.155. The Kier molecular flexibility index (Phi) is 8.15. The third-order valence-electron chi connectivity index (χ3n) is 9.61. The maximum Gasteiger partial charge on any atom is 0.324 e. The van der Waals surface area contributed by atoms with Crippen LogP contribution in [0, 0.1) is 5.41 Å². The number of ether oxygens (including phenoxy) is 2. The fourth-order valence-corrected chi connectivity index (χ4v) is 9.06. The van der Waals surface area contributed by atoms with Crippen LogP contribution in [0.2, 0.25) is 11.1 Å². The highest BCUT2D eigenvalue weighted by molar-refractivity contribution is 7.10. The molecule has 1 unspecified atom stereocenters. The average Bonchev–Trinajstić information content (AvgIpc) is 3.59. The molecule has 3 aliphatic heterocycles. The first-order valence-corrected chi connectivity index (χ1v) is 18.3. The van der Waals surface area contributed by atoms with Crippen molar-refractivity contribution in [3.8, 4) is 22.5 Å². The Morgan fingerprint density at radius 3 is 2.83 bits per heavy atom. The number of esters is 1. The molecule has 2 radical (unpaired) electrons. The molecule has 7 rings (SSSR count). The van der Waals surface area contributed by atoms with Crippen molar-refractivity contribution < 1.29 is 19.1 Å². The quantitative estimate of drug-likeness (QED) is 0.212. The van der Waals surface area contributed by atoms with Gasteiger partial charge in [-0.15, -0.1) is 11.3 Å². The number of nitrogens with one attached hydrogen (secondary N) is 1. The van der Waals surface area contributed by atoms with Gasteiger partial charge < -0.3 is 14.0 Å². The van der Waals surface area contributed by atoms with Gasteiger partial charge in [0, 0.05) is 70.7 Å². The van der Waals surface area contributed by atoms with Crippen LogP contribution in [-0.2, 0) is 38.4 Å². The van der Waals surface area contributed by atoms with Gasteiger partial charge in [0.2, 0.25) is 5.91 Å². The highest BCUT2D eigenvalue weighted by Crippen LogP contribution is 2.51. The fraction of sp³-hybridized carbons (Fsp3) is 0.486. The number of methoxy groups -OCH3 is 1. The van der Waals surface area contributed by atoms with Crippen molar-refractivity contribution in [3.63, 3.8) is 0 Å². The number of hydrogen-bond donors (Lipinski definition) is 1. The molecule has 4 aromatic rings. The van der Waals surface area contributed by atoms with Gasteiger partial charge in [-0.3, -0.25) is 19.6 Å². The number of thiazole rings is 1. The van der Waals surface area contributed by atoms with Crippen LogP contribution in [0.15, 0.2) is 41.9 Å². The fourth-order valence-electron chi connectivity index (χ4n) is 6.95. The molecule has 0 saturated carbocycles. The number of cyclic esters (lactones) is 1. The molecule has 6 heterocycles. The normalized spacial score (nSPS) is 23.8. The topological polar surface area (TPSA) is 98.6 Å². The third-order valence-corrected chi connectivity index (χ3v) is 12.1. The maximum atomic E-state index is 13.7. The molecule has 2 fully saturated rings. The molecular formula is C35H41N5O4SSi. The summed E-state index contributed by atoms with van der Waals surface area (Å²) in [6.45, 7) is 10.1. The Morgan fingerprint density at radius 1 is 1.24 bits per heavy atom. The van der Waals surface area contributed by atoms with Crippen molar-refractivity contribution in [2.75, 3.05) is 20.3 Å². The van der Waals surface area contributed by atoms with Gasteiger partial charge in [0.25, 0.3) is 0 Å². The molecule has 3 aromatic heterocycles. The molecule has 46 heavy (non-hydrogen) atoms. The Labute approximate surface area is 276 Å². The van der Waals surface area contributed by atoms with Crippen LogP contribution in [0.25, 0.3) is 33.4 Å². The molecule has 0 aliphatic carbocycles. The second kappa shape index (κ2) is 12.0. The van der Waals surface area contributed by atoms with Crippen LogP contribution >= 0.6 is 11.3 Å². The van der Waals surface area contributed by atoms with E-state index in [4.69, 9.17) is 19.4 Å². The van der Waals surface area contributed by atoms with Crippen molar-refractivity contribution >= 4 is 43.6 Å². The standard InChI is InChI=1S/C35H41N5O4SSi/c1-6-39-28-12-11-22-15-24(28)25(31(39)23-9-7-13-36-30(23)21(2)43-5)16-34(3,4)19-44-32(41)26-10-8-14-40(38-26)33(42)35(20-46-35)17-29-37-27(22)18-45-29/h7,9,11-13,15,18,21,26,38H,6,8,10,14,16-17,19-20H2,1-5H3/t21-,26-,35?/m0/s1. The van der Waals surface area contributed by atoms with E-state index in [-0.39, 0.29) is 30.0 Å². The minimum absolute atomic E-state index is 0.0820. The molecule has 9 nitrogen and oxygen atoms in total. The number of pyridine rings is 1. The number of benzene rings is 1. The first-order chi connectivity index (χ1) is 22.1. The van der Waals surface area contributed by atoms with E-state index in [2.05, 4.69) is 60.4 Å². The predicted molar refractivity (Wildman–Crippen MR) is 181 cm³/mol. The van der Waals surface area contributed by atoms with Crippen molar-refractivity contribution in [2.45, 2.75) is 83.2 Å². The lowest BCUT2D eigenvalue weighted by atomic mass is 9.84. The Hall–Kier alpha value is -3.38. The predicted octanol–water partition coefficient (Wildman–Crippen LogP) is 6.01. The third kappa shape index (κ3) is 5.61. The number of hydrazine groups is 1. The van der Waals surface area contributed by atoms with E-state index in [1.165, 1.54) is 5.56 Å². The average molecular weight is 656 g/mol. The highest BCUT2D eigenvalue weighted by Gasteiger charge is 2.53. The van der Waals surface area contributed by atoms with Crippen molar-refractivity contribution in [2.24, 2.45) is 5.41 Å². The number of rotatable bonds is 4. The zero-order valence-corrected chi connectivity index (χ0v) is 29.0. The minimum Gasteiger partial charge on any atom is -0.464 e. The van der Waals surface area contributed by atoms with Crippen molar-refractivity contribution in [1.29, 1.82) is 0 Å². The van der Waals surface area contributed by atoms with Gasteiger partial charge in [0.05, 0.1) is 44.3 Å². The van der Waals surface area contributed by atoms with Gasteiger partial charge in [-0.05, 0) is 69.0 Å². The molecule has 1 spiro atoms. The highest BCUT2D eigenvalue weighted by atomic mass is 32.1. The number of fused-ring (bicyclic) bond motifs is 6. The summed E-state index contributed by atoms with van der Waals surface area (Å²) in [5.74, 6) is -0.218. The van der Waals surface area contributed by atoms with E-state index in [9.17, 15) is 9.59 Å². The molecule has 1 aromatic carbocycles. The van der Waals surface area contributed by atoms with Crippen molar-refractivity contribution in [3.05, 3.63) is 58.2 Å². The van der Waals surface area contributed by atoms with Gasteiger partial charge in [-0.1, -0.05) is 19.9 Å². The summed E-state index contributed by atoms with van der Waals surface area (Å²) in [5, 5.41) is 5.52. The summed E-state index contributed by atoms with van der Waals surface area (Å²) in [7, 11) is 2.28. The summed E-state index contributed by atoms with van der Waals surface area (Å²) in [5.41, 5.74) is 10.2. The van der Waals surface area contributed by atoms with Gasteiger partial charge >= 0.3 is 5.97 Å². The number of carbonyl (C=O) groups excluding carboxylic acids is 2. The second-order valence-electron chi connectivity index (χ2n) is 13.6. The Bertz CT molecular complexity index is 1810. The van der Waals surface area contributed by atoms with Gasteiger partial charge in [0.1, 0.15) is 6.04 Å². The SMILES string of the molecule is CCn1c(-c2cccnc2[C@H](C)OC)c2c3cc(ccc31)-c1csc(n1)CC1(C[Si]1)C(=O)N1CCC[C@H](N1)C(=O)OCC(C)(C)C2. The number of amides is 1. The van der Waals surface area contributed by atoms with E-state index in [1.54, 1.807) is 23.5 Å². The first-order valence-electron chi connectivity index (χ1n) is 16.2. The summed E-state index contributed by atoms with van der Waals surface area (Å²) in [6, 6.07) is 11.1. The Balaban J connectivity index is 1.39. The van der Waals surface area contributed by atoms with Gasteiger partial charge in [0.15, 0.2) is 0 Å². The van der Waals surface area contributed by atoms with Gasteiger partial charge in [-0.2, -0.15) is 0 Å². The lowest BCUT2D eigenvalue weighted by Crippen LogP contribution is -2.56. The maximum absolute atomic E-state index is 13.7. The molecule has 2 saturated heterocycles. The molecule has 1 amide bonds. The molecule has 3 atom stereocenters. The number of hydrogen-bond acceptors (Lipinski definition) is 8. The zero-order chi connectivity index (χ0) is 32.2. The first kappa shape index (κ1) is 31.2. The van der Waals surface area contributed by atoms with Gasteiger partial charge in [-0.25, -0.2) is 10.4 Å². The molecular weight excluding hydrogens is 615 g/mol. The zero-order valence-electron chi connectivity index (χ0n) is 27.2. The van der Waals surface area contributed by atoms with E-state index in [1.807, 2.05) is 19.2 Å². The van der Waals surface area contributed by atoms with E-state index >= 15 is 0 Å². The van der Waals surface area contributed by atoms with Crippen LogP contribution in [-0.4, -0.2) is 67.2 Å².